The summed E-state index contributed by atoms with van der Waals surface area (Å²) in [5, 5.41) is 22.6. The van der Waals surface area contributed by atoms with E-state index >= 15 is 0 Å². The molecule has 0 saturated heterocycles. The van der Waals surface area contributed by atoms with Crippen LogP contribution in [-0.4, -0.2) is 16.8 Å². The number of carbonyl (C=O) groups is 1. The average molecular weight is 388 g/mol. The van der Waals surface area contributed by atoms with Gasteiger partial charge in [-0.3, -0.25) is 10.1 Å². The SMILES string of the molecule is O=C1OC(c2ccc(Br)cc2)=N/C1=C\c1cc([N+](=O)[O-])ccc1[O-]. The Morgan fingerprint density at radius 1 is 1.17 bits per heavy atom. The van der Waals surface area contributed by atoms with Gasteiger partial charge in [-0.2, -0.15) is 0 Å². The fourth-order valence-corrected chi connectivity index (χ4v) is 2.30. The third-order valence-corrected chi connectivity index (χ3v) is 3.74. The van der Waals surface area contributed by atoms with E-state index in [1.54, 1.807) is 24.3 Å². The Hall–Kier alpha value is -3.00. The van der Waals surface area contributed by atoms with Crippen LogP contribution in [0, 0.1) is 10.1 Å². The molecule has 0 aliphatic carbocycles. The lowest BCUT2D eigenvalue weighted by Gasteiger charge is -2.09. The number of hydrogen-bond acceptors (Lipinski definition) is 6. The second kappa shape index (κ2) is 6.25. The maximum Gasteiger partial charge on any atom is 0.363 e. The molecule has 0 unspecified atom stereocenters. The van der Waals surface area contributed by atoms with Crippen LogP contribution in [0.15, 0.2) is 57.6 Å². The lowest BCUT2D eigenvalue weighted by molar-refractivity contribution is -0.385. The molecular formula is C16H8BrN2O5-. The largest absolute Gasteiger partial charge is 0.872 e. The Bertz CT molecular complexity index is 903. The molecule has 0 bridgehead atoms. The first kappa shape index (κ1) is 15.9. The predicted octanol–water partition coefficient (Wildman–Crippen LogP) is 2.78. The van der Waals surface area contributed by atoms with Gasteiger partial charge in [-0.15, -0.1) is 5.75 Å². The summed E-state index contributed by atoms with van der Waals surface area (Å²) in [6.07, 6.45) is 1.18. The Labute approximate surface area is 144 Å². The van der Waals surface area contributed by atoms with Crippen LogP contribution in [-0.2, 0) is 9.53 Å². The molecule has 3 rings (SSSR count). The first-order chi connectivity index (χ1) is 11.4. The zero-order valence-corrected chi connectivity index (χ0v) is 13.5. The average Bonchev–Trinajstić information content (AvgIpc) is 2.91. The molecule has 0 saturated carbocycles. The molecule has 0 fully saturated rings. The number of rotatable bonds is 3. The zero-order chi connectivity index (χ0) is 17.3. The summed E-state index contributed by atoms with van der Waals surface area (Å²) in [7, 11) is 0. The number of halogens is 1. The smallest absolute Gasteiger partial charge is 0.363 e. The van der Waals surface area contributed by atoms with Crippen molar-refractivity contribution in [2.75, 3.05) is 0 Å². The molecule has 0 radical (unpaired) electrons. The lowest BCUT2D eigenvalue weighted by Crippen LogP contribution is -2.05. The fraction of sp³-hybridized carbons (Fsp3) is 0. The molecule has 2 aromatic carbocycles. The van der Waals surface area contributed by atoms with Crippen LogP contribution >= 0.6 is 15.9 Å². The highest BCUT2D eigenvalue weighted by atomic mass is 79.9. The van der Waals surface area contributed by atoms with Crippen molar-refractivity contribution in [3.63, 3.8) is 0 Å². The molecular weight excluding hydrogens is 380 g/mol. The number of esters is 1. The summed E-state index contributed by atoms with van der Waals surface area (Å²) < 4.78 is 5.94. The first-order valence-electron chi connectivity index (χ1n) is 6.68. The number of ether oxygens (including phenoxy) is 1. The zero-order valence-electron chi connectivity index (χ0n) is 11.9. The molecule has 0 N–H and O–H groups in total. The number of hydrogen-bond donors (Lipinski definition) is 0. The number of aliphatic imine (C=N–C) groups is 1. The van der Waals surface area contributed by atoms with Crippen molar-refractivity contribution < 1.29 is 19.6 Å². The van der Waals surface area contributed by atoms with E-state index < -0.39 is 16.6 Å². The van der Waals surface area contributed by atoms with Crippen LogP contribution < -0.4 is 5.11 Å². The van der Waals surface area contributed by atoms with Crippen molar-refractivity contribution in [3.05, 3.63) is 73.9 Å². The predicted molar refractivity (Wildman–Crippen MR) is 87.3 cm³/mol. The highest BCUT2D eigenvalue weighted by Crippen LogP contribution is 2.26. The minimum absolute atomic E-state index is 0.00282. The molecule has 24 heavy (non-hydrogen) atoms. The van der Waals surface area contributed by atoms with Crippen LogP contribution in [0.3, 0.4) is 0 Å². The fourth-order valence-electron chi connectivity index (χ4n) is 2.03. The van der Waals surface area contributed by atoms with Gasteiger partial charge in [0, 0.05) is 22.2 Å². The molecule has 0 amide bonds. The highest BCUT2D eigenvalue weighted by molar-refractivity contribution is 9.10. The Morgan fingerprint density at radius 2 is 1.88 bits per heavy atom. The van der Waals surface area contributed by atoms with Gasteiger partial charge in [-0.1, -0.05) is 22.0 Å². The Balaban J connectivity index is 1.98. The van der Waals surface area contributed by atoms with Gasteiger partial charge in [-0.25, -0.2) is 9.79 Å². The van der Waals surface area contributed by atoms with Crippen molar-refractivity contribution >= 4 is 39.6 Å². The molecule has 0 atom stereocenters. The normalized spacial score (nSPS) is 15.3. The van der Waals surface area contributed by atoms with Gasteiger partial charge in [0.15, 0.2) is 5.70 Å². The Morgan fingerprint density at radius 3 is 2.54 bits per heavy atom. The molecule has 7 nitrogen and oxygen atoms in total. The van der Waals surface area contributed by atoms with E-state index in [-0.39, 0.29) is 22.8 Å². The standard InChI is InChI=1S/C16H9BrN2O5/c17-11-3-1-9(2-4-11)15-18-13(16(21)24-15)8-10-7-12(19(22)23)5-6-14(10)20/h1-8,20H/p-1/b13-8-. The van der Waals surface area contributed by atoms with E-state index in [0.717, 1.165) is 22.7 Å². The molecule has 1 aliphatic rings. The first-order valence-corrected chi connectivity index (χ1v) is 7.47. The van der Waals surface area contributed by atoms with Crippen molar-refractivity contribution in [1.29, 1.82) is 0 Å². The maximum absolute atomic E-state index is 11.9. The van der Waals surface area contributed by atoms with E-state index in [4.69, 9.17) is 4.74 Å². The van der Waals surface area contributed by atoms with Crippen molar-refractivity contribution in [1.82, 2.24) is 0 Å². The van der Waals surface area contributed by atoms with E-state index in [2.05, 4.69) is 20.9 Å². The third kappa shape index (κ3) is 3.18. The van der Waals surface area contributed by atoms with E-state index in [1.807, 2.05) is 0 Å². The lowest BCUT2D eigenvalue weighted by atomic mass is 10.1. The van der Waals surface area contributed by atoms with Crippen LogP contribution in [0.25, 0.3) is 6.08 Å². The molecule has 1 heterocycles. The summed E-state index contributed by atoms with van der Waals surface area (Å²) in [4.78, 5) is 26.1. The number of nitro groups is 1. The third-order valence-electron chi connectivity index (χ3n) is 3.21. The van der Waals surface area contributed by atoms with Gasteiger partial charge in [0.1, 0.15) is 0 Å². The van der Waals surface area contributed by atoms with Gasteiger partial charge < -0.3 is 9.84 Å². The second-order valence-electron chi connectivity index (χ2n) is 4.82. The maximum atomic E-state index is 11.9. The number of cyclic esters (lactones) is 1. The number of carbonyl (C=O) groups excluding carboxylic acids is 1. The van der Waals surface area contributed by atoms with Crippen LogP contribution in [0.4, 0.5) is 5.69 Å². The van der Waals surface area contributed by atoms with E-state index in [9.17, 15) is 20.0 Å². The van der Waals surface area contributed by atoms with Crippen LogP contribution in [0.2, 0.25) is 0 Å². The minimum atomic E-state index is -0.723. The number of nitro benzene ring substituents is 1. The van der Waals surface area contributed by atoms with Crippen LogP contribution in [0.1, 0.15) is 11.1 Å². The number of benzene rings is 2. The molecule has 2 aromatic rings. The van der Waals surface area contributed by atoms with Gasteiger partial charge in [0.2, 0.25) is 5.90 Å². The van der Waals surface area contributed by atoms with Crippen molar-refractivity contribution in [3.8, 4) is 5.75 Å². The second-order valence-corrected chi connectivity index (χ2v) is 5.74. The van der Waals surface area contributed by atoms with Crippen LogP contribution in [0.5, 0.6) is 5.75 Å². The van der Waals surface area contributed by atoms with Crippen molar-refractivity contribution in [2.45, 2.75) is 0 Å². The molecule has 1 aliphatic heterocycles. The van der Waals surface area contributed by atoms with Gasteiger partial charge in [-0.05, 0) is 35.9 Å². The van der Waals surface area contributed by atoms with Crippen molar-refractivity contribution in [2.24, 2.45) is 4.99 Å². The molecule has 0 aromatic heterocycles. The number of non-ortho nitro benzene ring substituents is 1. The van der Waals surface area contributed by atoms with Gasteiger partial charge >= 0.3 is 5.97 Å². The number of nitrogens with zero attached hydrogens (tertiary/aromatic N) is 2. The van der Waals surface area contributed by atoms with Gasteiger partial charge in [0.05, 0.1) is 4.92 Å². The molecule has 8 heteroatoms. The summed E-state index contributed by atoms with van der Waals surface area (Å²) in [6.45, 7) is 0. The van der Waals surface area contributed by atoms with E-state index in [0.29, 0.717) is 5.56 Å². The molecule has 120 valence electrons. The highest BCUT2D eigenvalue weighted by Gasteiger charge is 2.24. The molecule has 0 spiro atoms. The topological polar surface area (TPSA) is 105 Å². The quantitative estimate of drug-likeness (QED) is 0.348. The summed E-state index contributed by atoms with van der Waals surface area (Å²) in [5.41, 5.74) is 0.253. The van der Waals surface area contributed by atoms with E-state index in [1.165, 1.54) is 6.08 Å². The summed E-state index contributed by atoms with van der Waals surface area (Å²) >= 11 is 3.30. The summed E-state index contributed by atoms with van der Waals surface area (Å²) in [6, 6.07) is 10.2. The monoisotopic (exact) mass is 387 g/mol. The summed E-state index contributed by atoms with van der Waals surface area (Å²) in [5.74, 6) is -1.07. The Kier molecular flexibility index (Phi) is 4.13. The van der Waals surface area contributed by atoms with Gasteiger partial charge in [0.25, 0.3) is 5.69 Å². The minimum Gasteiger partial charge on any atom is -0.872 e.